The van der Waals surface area contributed by atoms with E-state index in [-0.39, 0.29) is 0 Å². The smallest absolute Gasteiger partial charge is 0.112 e. The van der Waals surface area contributed by atoms with Crippen molar-refractivity contribution in [2.45, 2.75) is 13.8 Å². The number of hydrogen-bond donors (Lipinski definition) is 0. The predicted octanol–water partition coefficient (Wildman–Crippen LogP) is 4.49. The number of aryl methyl sites for hydroxylation is 2. The van der Waals surface area contributed by atoms with E-state index in [1.807, 2.05) is 0 Å². The second-order valence-electron chi connectivity index (χ2n) is 4.69. The summed E-state index contributed by atoms with van der Waals surface area (Å²) in [5.74, 6) is 0. The maximum Gasteiger partial charge on any atom is 0.112 e. The summed E-state index contributed by atoms with van der Waals surface area (Å²) in [6, 6.07) is 16.8. The zero-order valence-corrected chi connectivity index (χ0v) is 11.7. The zero-order valence-electron chi connectivity index (χ0n) is 10.9. The van der Waals surface area contributed by atoms with Gasteiger partial charge in [-0.2, -0.15) is 8.75 Å². The minimum Gasteiger partial charge on any atom is -0.172 e. The molecule has 0 N–H and O–H groups in total. The molecule has 0 fully saturated rings. The Morgan fingerprint density at radius 1 is 0.632 bits per heavy atom. The molecule has 1 aromatic heterocycles. The van der Waals surface area contributed by atoms with E-state index < -0.39 is 0 Å². The number of hydrogen-bond acceptors (Lipinski definition) is 3. The van der Waals surface area contributed by atoms with Gasteiger partial charge in [0.25, 0.3) is 0 Å². The topological polar surface area (TPSA) is 25.8 Å². The third-order valence-corrected chi connectivity index (χ3v) is 3.67. The van der Waals surface area contributed by atoms with Crippen molar-refractivity contribution in [3.05, 3.63) is 59.7 Å². The number of rotatable bonds is 2. The van der Waals surface area contributed by atoms with Crippen molar-refractivity contribution in [2.24, 2.45) is 0 Å². The SMILES string of the molecule is Cc1ccc(-c2nsnc2-c2ccc(C)cc2)cc1. The van der Waals surface area contributed by atoms with Gasteiger partial charge in [0.15, 0.2) is 0 Å². The molecule has 1 heterocycles. The Morgan fingerprint density at radius 3 is 1.37 bits per heavy atom. The molecular formula is C16H14N2S. The van der Waals surface area contributed by atoms with Crippen LogP contribution in [0, 0.1) is 13.8 Å². The van der Waals surface area contributed by atoms with Crippen molar-refractivity contribution in [3.63, 3.8) is 0 Å². The van der Waals surface area contributed by atoms with Crippen LogP contribution < -0.4 is 0 Å². The highest BCUT2D eigenvalue weighted by atomic mass is 32.1. The molecule has 3 rings (SSSR count). The molecule has 0 saturated carbocycles. The Hall–Kier alpha value is -2.00. The highest BCUT2D eigenvalue weighted by Crippen LogP contribution is 2.30. The van der Waals surface area contributed by atoms with Gasteiger partial charge in [-0.1, -0.05) is 59.7 Å². The van der Waals surface area contributed by atoms with E-state index in [0.717, 1.165) is 22.5 Å². The molecule has 0 unspecified atom stereocenters. The van der Waals surface area contributed by atoms with Crippen molar-refractivity contribution in [1.29, 1.82) is 0 Å². The van der Waals surface area contributed by atoms with Crippen molar-refractivity contribution in [1.82, 2.24) is 8.75 Å². The lowest BCUT2D eigenvalue weighted by Crippen LogP contribution is -1.84. The molecule has 94 valence electrons. The fraction of sp³-hybridized carbons (Fsp3) is 0.125. The fourth-order valence-electron chi connectivity index (χ4n) is 1.99. The summed E-state index contributed by atoms with van der Waals surface area (Å²) in [6.45, 7) is 4.17. The summed E-state index contributed by atoms with van der Waals surface area (Å²) in [7, 11) is 0. The monoisotopic (exact) mass is 266 g/mol. The Bertz CT molecular complexity index is 622. The molecule has 0 atom stereocenters. The van der Waals surface area contributed by atoms with E-state index in [0.29, 0.717) is 0 Å². The average molecular weight is 266 g/mol. The molecule has 0 saturated heterocycles. The Kier molecular flexibility index (Phi) is 3.13. The van der Waals surface area contributed by atoms with Gasteiger partial charge in [-0.3, -0.25) is 0 Å². The first-order valence-corrected chi connectivity index (χ1v) is 6.94. The zero-order chi connectivity index (χ0) is 13.2. The molecule has 0 spiro atoms. The van der Waals surface area contributed by atoms with Gasteiger partial charge in [-0.15, -0.1) is 0 Å². The van der Waals surface area contributed by atoms with Gasteiger partial charge >= 0.3 is 0 Å². The number of aromatic nitrogens is 2. The fourth-order valence-corrected chi connectivity index (χ4v) is 2.58. The van der Waals surface area contributed by atoms with Crippen LogP contribution in [-0.2, 0) is 0 Å². The first-order chi connectivity index (χ1) is 9.24. The van der Waals surface area contributed by atoms with Gasteiger partial charge < -0.3 is 0 Å². The molecule has 0 aliphatic heterocycles. The van der Waals surface area contributed by atoms with Crippen LogP contribution in [0.4, 0.5) is 0 Å². The largest absolute Gasteiger partial charge is 0.172 e. The quantitative estimate of drug-likeness (QED) is 0.683. The molecule has 0 aliphatic rings. The van der Waals surface area contributed by atoms with Crippen LogP contribution in [0.1, 0.15) is 11.1 Å². The van der Waals surface area contributed by atoms with Crippen molar-refractivity contribution < 1.29 is 0 Å². The van der Waals surface area contributed by atoms with Crippen molar-refractivity contribution in [2.75, 3.05) is 0 Å². The maximum atomic E-state index is 4.45. The Balaban J connectivity index is 2.07. The van der Waals surface area contributed by atoms with E-state index in [9.17, 15) is 0 Å². The number of benzene rings is 2. The highest BCUT2D eigenvalue weighted by Gasteiger charge is 2.12. The van der Waals surface area contributed by atoms with Gasteiger partial charge in [0.05, 0.1) is 11.7 Å². The Morgan fingerprint density at radius 2 is 1.00 bits per heavy atom. The number of nitrogens with zero attached hydrogens (tertiary/aromatic N) is 2. The van der Waals surface area contributed by atoms with Gasteiger partial charge in [0.2, 0.25) is 0 Å². The predicted molar refractivity (Wildman–Crippen MR) is 80.3 cm³/mol. The second-order valence-corrected chi connectivity index (χ2v) is 5.22. The third kappa shape index (κ3) is 2.42. The summed E-state index contributed by atoms with van der Waals surface area (Å²) >= 11 is 1.26. The molecule has 2 nitrogen and oxygen atoms in total. The van der Waals surface area contributed by atoms with Crippen molar-refractivity contribution >= 4 is 11.7 Å². The van der Waals surface area contributed by atoms with Crippen LogP contribution in [0.5, 0.6) is 0 Å². The highest BCUT2D eigenvalue weighted by molar-refractivity contribution is 6.99. The normalized spacial score (nSPS) is 10.6. The molecule has 3 aromatic rings. The van der Waals surface area contributed by atoms with Gasteiger partial charge in [-0.25, -0.2) is 0 Å². The average Bonchev–Trinajstić information content (AvgIpc) is 2.90. The molecule has 2 aromatic carbocycles. The van der Waals surface area contributed by atoms with Gasteiger partial charge in [0.1, 0.15) is 11.4 Å². The van der Waals surface area contributed by atoms with Crippen LogP contribution in [0.2, 0.25) is 0 Å². The van der Waals surface area contributed by atoms with Crippen LogP contribution in [0.3, 0.4) is 0 Å². The molecule has 3 heteroatoms. The summed E-state index contributed by atoms with van der Waals surface area (Å²) < 4.78 is 8.89. The lowest BCUT2D eigenvalue weighted by molar-refractivity contribution is 1.42. The summed E-state index contributed by atoms with van der Waals surface area (Å²) in [4.78, 5) is 0. The van der Waals surface area contributed by atoms with E-state index >= 15 is 0 Å². The van der Waals surface area contributed by atoms with Gasteiger partial charge in [0, 0.05) is 11.1 Å². The van der Waals surface area contributed by atoms with Crippen LogP contribution in [-0.4, -0.2) is 8.75 Å². The first kappa shape index (κ1) is 12.1. The van der Waals surface area contributed by atoms with E-state index in [1.54, 1.807) is 0 Å². The van der Waals surface area contributed by atoms with Crippen LogP contribution >= 0.6 is 11.7 Å². The molecule has 19 heavy (non-hydrogen) atoms. The minimum absolute atomic E-state index is 0.967. The lowest BCUT2D eigenvalue weighted by Gasteiger charge is -2.02. The molecule has 0 radical (unpaired) electrons. The van der Waals surface area contributed by atoms with Crippen LogP contribution in [0.15, 0.2) is 48.5 Å². The third-order valence-electron chi connectivity index (χ3n) is 3.14. The molecule has 0 bridgehead atoms. The van der Waals surface area contributed by atoms with E-state index in [1.165, 1.54) is 22.9 Å². The Labute approximate surface area is 117 Å². The summed E-state index contributed by atoms with van der Waals surface area (Å²) in [5, 5.41) is 0. The lowest BCUT2D eigenvalue weighted by atomic mass is 10.0. The summed E-state index contributed by atoms with van der Waals surface area (Å²) in [5.41, 5.74) is 6.68. The minimum atomic E-state index is 0.967. The molecular weight excluding hydrogens is 252 g/mol. The second kappa shape index (κ2) is 4.94. The maximum absolute atomic E-state index is 4.45. The van der Waals surface area contributed by atoms with Crippen molar-refractivity contribution in [3.8, 4) is 22.5 Å². The molecule has 0 amide bonds. The standard InChI is InChI=1S/C16H14N2S/c1-11-3-7-13(8-4-11)15-16(18-19-17-15)14-9-5-12(2)6-10-14/h3-10H,1-2H3. The van der Waals surface area contributed by atoms with Crippen LogP contribution in [0.25, 0.3) is 22.5 Å². The molecule has 0 aliphatic carbocycles. The summed E-state index contributed by atoms with van der Waals surface area (Å²) in [6.07, 6.45) is 0. The van der Waals surface area contributed by atoms with E-state index in [2.05, 4.69) is 71.1 Å². The van der Waals surface area contributed by atoms with Gasteiger partial charge in [-0.05, 0) is 13.8 Å². The van der Waals surface area contributed by atoms with E-state index in [4.69, 9.17) is 0 Å². The first-order valence-electron chi connectivity index (χ1n) is 6.21.